The van der Waals surface area contributed by atoms with Gasteiger partial charge < -0.3 is 14.3 Å². The van der Waals surface area contributed by atoms with Crippen molar-refractivity contribution in [2.24, 2.45) is 17.8 Å². The highest BCUT2D eigenvalue weighted by Gasteiger charge is 2.26. The Balaban J connectivity index is 1.50. The highest BCUT2D eigenvalue weighted by Crippen LogP contribution is 2.32. The molecule has 0 spiro atoms. The van der Waals surface area contributed by atoms with Crippen LogP contribution in [0.15, 0.2) is 28.7 Å². The molecular formula is C26H37NO4. The molecule has 1 heterocycles. The second kappa shape index (κ2) is 10.9. The molecule has 3 unspecified atom stereocenters. The minimum absolute atomic E-state index is 0.214. The first-order valence-corrected chi connectivity index (χ1v) is 11.7. The van der Waals surface area contributed by atoms with Crippen molar-refractivity contribution in [3.05, 3.63) is 41.3 Å². The van der Waals surface area contributed by atoms with Gasteiger partial charge in [-0.3, -0.25) is 4.79 Å². The topological polar surface area (TPSA) is 72.6 Å². The molecular weight excluding hydrogens is 390 g/mol. The SMILES string of the molecule is Cc1ccc(-c2nc(COC3CCCC(CCC(CC(C)C)C(=O)O)C3)c(C)o2)cc1. The highest BCUT2D eigenvalue weighted by atomic mass is 16.5. The maximum absolute atomic E-state index is 11.5. The number of aromatic nitrogens is 1. The second-order valence-corrected chi connectivity index (χ2v) is 9.60. The van der Waals surface area contributed by atoms with Crippen LogP contribution in [0.1, 0.15) is 75.8 Å². The third kappa shape index (κ3) is 6.93. The number of hydrogen-bond acceptors (Lipinski definition) is 4. The third-order valence-electron chi connectivity index (χ3n) is 6.41. The molecule has 1 saturated carbocycles. The van der Waals surface area contributed by atoms with Crippen molar-refractivity contribution in [3.8, 4) is 11.5 Å². The maximum Gasteiger partial charge on any atom is 0.306 e. The molecule has 5 nitrogen and oxygen atoms in total. The predicted octanol–water partition coefficient (Wildman–Crippen LogP) is 6.56. The summed E-state index contributed by atoms with van der Waals surface area (Å²) in [6, 6.07) is 8.17. The van der Waals surface area contributed by atoms with Crippen LogP contribution in [-0.2, 0) is 16.1 Å². The number of ether oxygens (including phenoxy) is 1. The molecule has 0 saturated heterocycles. The van der Waals surface area contributed by atoms with Crippen LogP contribution in [0.5, 0.6) is 0 Å². The average Bonchev–Trinajstić information content (AvgIpc) is 3.10. The predicted molar refractivity (Wildman–Crippen MR) is 122 cm³/mol. The van der Waals surface area contributed by atoms with Crippen molar-refractivity contribution in [1.29, 1.82) is 0 Å². The van der Waals surface area contributed by atoms with E-state index in [1.54, 1.807) is 0 Å². The Morgan fingerprint density at radius 2 is 1.97 bits per heavy atom. The van der Waals surface area contributed by atoms with Crippen LogP contribution in [0.4, 0.5) is 0 Å². The molecule has 5 heteroatoms. The zero-order chi connectivity index (χ0) is 22.4. The van der Waals surface area contributed by atoms with Crippen LogP contribution >= 0.6 is 0 Å². The Morgan fingerprint density at radius 3 is 2.65 bits per heavy atom. The van der Waals surface area contributed by atoms with Gasteiger partial charge in [0.1, 0.15) is 11.5 Å². The molecule has 3 atom stereocenters. The Kier molecular flexibility index (Phi) is 8.30. The molecule has 170 valence electrons. The summed E-state index contributed by atoms with van der Waals surface area (Å²) in [6.45, 7) is 8.65. The monoisotopic (exact) mass is 427 g/mol. The zero-order valence-corrected chi connectivity index (χ0v) is 19.4. The van der Waals surface area contributed by atoms with Crippen molar-refractivity contribution >= 4 is 5.97 Å². The molecule has 3 rings (SSSR count). The normalized spacial score (nSPS) is 20.2. The number of carboxylic acids is 1. The van der Waals surface area contributed by atoms with Crippen molar-refractivity contribution < 1.29 is 19.1 Å². The summed E-state index contributed by atoms with van der Waals surface area (Å²) < 4.78 is 12.1. The van der Waals surface area contributed by atoms with E-state index in [9.17, 15) is 9.90 Å². The van der Waals surface area contributed by atoms with Gasteiger partial charge in [0.2, 0.25) is 5.89 Å². The highest BCUT2D eigenvalue weighted by molar-refractivity contribution is 5.69. The lowest BCUT2D eigenvalue weighted by molar-refractivity contribution is -0.142. The number of nitrogens with zero attached hydrogens (tertiary/aromatic N) is 1. The van der Waals surface area contributed by atoms with E-state index in [0.29, 0.717) is 24.3 Å². The van der Waals surface area contributed by atoms with Crippen LogP contribution < -0.4 is 0 Å². The summed E-state index contributed by atoms with van der Waals surface area (Å²) >= 11 is 0. The largest absolute Gasteiger partial charge is 0.481 e. The summed E-state index contributed by atoms with van der Waals surface area (Å²) in [7, 11) is 0. The molecule has 1 fully saturated rings. The number of benzene rings is 1. The first-order chi connectivity index (χ1) is 14.8. The van der Waals surface area contributed by atoms with Gasteiger partial charge in [-0.1, -0.05) is 44.4 Å². The summed E-state index contributed by atoms with van der Waals surface area (Å²) in [5.41, 5.74) is 3.05. The van der Waals surface area contributed by atoms with Gasteiger partial charge in [-0.05, 0) is 69.9 Å². The van der Waals surface area contributed by atoms with Crippen LogP contribution in [0.25, 0.3) is 11.5 Å². The lowest BCUT2D eigenvalue weighted by Crippen LogP contribution is -2.24. The van der Waals surface area contributed by atoms with Crippen LogP contribution in [0.2, 0.25) is 0 Å². The summed E-state index contributed by atoms with van der Waals surface area (Å²) in [6.07, 6.45) is 7.11. The summed E-state index contributed by atoms with van der Waals surface area (Å²) in [4.78, 5) is 16.2. The standard InChI is InChI=1S/C26H37NO4/c1-17(2)14-22(26(28)29)13-10-20-6-5-7-23(15-20)30-16-24-19(4)31-25(27-24)21-11-8-18(3)9-12-21/h8-9,11-12,17,20,22-23H,5-7,10,13-16H2,1-4H3,(H,28,29). The van der Waals surface area contributed by atoms with Gasteiger partial charge >= 0.3 is 5.97 Å². The Labute approximate surface area is 186 Å². The van der Waals surface area contributed by atoms with Gasteiger partial charge in [0.05, 0.1) is 18.6 Å². The minimum Gasteiger partial charge on any atom is -0.481 e. The number of hydrogen-bond donors (Lipinski definition) is 1. The average molecular weight is 428 g/mol. The van der Waals surface area contributed by atoms with Gasteiger partial charge in [-0.15, -0.1) is 0 Å². The molecule has 0 bridgehead atoms. The quantitative estimate of drug-likeness (QED) is 0.465. The van der Waals surface area contributed by atoms with E-state index in [4.69, 9.17) is 9.15 Å². The number of oxazole rings is 1. The summed E-state index contributed by atoms with van der Waals surface area (Å²) in [5.74, 6) is 1.54. The van der Waals surface area contributed by atoms with Gasteiger partial charge in [0, 0.05) is 5.56 Å². The fourth-order valence-corrected chi connectivity index (χ4v) is 4.58. The van der Waals surface area contributed by atoms with E-state index in [1.807, 2.05) is 19.1 Å². The van der Waals surface area contributed by atoms with Gasteiger partial charge in [-0.25, -0.2) is 4.98 Å². The molecule has 0 amide bonds. The van der Waals surface area contributed by atoms with Gasteiger partial charge in [0.15, 0.2) is 0 Å². The van der Waals surface area contributed by atoms with Gasteiger partial charge in [-0.2, -0.15) is 0 Å². The fourth-order valence-electron chi connectivity index (χ4n) is 4.58. The number of aryl methyl sites for hydroxylation is 2. The van der Waals surface area contributed by atoms with E-state index >= 15 is 0 Å². The van der Waals surface area contributed by atoms with Crippen molar-refractivity contribution in [3.63, 3.8) is 0 Å². The first kappa shape index (κ1) is 23.5. The smallest absolute Gasteiger partial charge is 0.306 e. The minimum atomic E-state index is -0.650. The van der Waals surface area contributed by atoms with Gasteiger partial charge in [0.25, 0.3) is 0 Å². The number of carboxylic acid groups (broad SMARTS) is 1. The Hall–Kier alpha value is -2.14. The van der Waals surface area contributed by atoms with Crippen LogP contribution in [-0.4, -0.2) is 22.2 Å². The lowest BCUT2D eigenvalue weighted by Gasteiger charge is -2.30. The summed E-state index contributed by atoms with van der Waals surface area (Å²) in [5, 5.41) is 9.50. The molecule has 1 aromatic heterocycles. The molecule has 1 aliphatic rings. The van der Waals surface area contributed by atoms with Crippen LogP contribution in [0, 0.1) is 31.6 Å². The molecule has 1 aromatic carbocycles. The fraction of sp³-hybridized carbons (Fsp3) is 0.615. The van der Waals surface area contributed by atoms with E-state index in [-0.39, 0.29) is 12.0 Å². The molecule has 2 aromatic rings. The van der Waals surface area contributed by atoms with Crippen molar-refractivity contribution in [2.45, 2.75) is 85.4 Å². The Morgan fingerprint density at radius 1 is 1.23 bits per heavy atom. The van der Waals surface area contributed by atoms with E-state index in [1.165, 1.54) is 12.0 Å². The maximum atomic E-state index is 11.5. The molecule has 0 aliphatic heterocycles. The number of carbonyl (C=O) groups is 1. The van der Waals surface area contributed by atoms with Crippen molar-refractivity contribution in [1.82, 2.24) is 4.98 Å². The van der Waals surface area contributed by atoms with E-state index < -0.39 is 5.97 Å². The molecule has 1 aliphatic carbocycles. The molecule has 0 radical (unpaired) electrons. The number of rotatable bonds is 10. The number of aliphatic carboxylic acids is 1. The second-order valence-electron chi connectivity index (χ2n) is 9.60. The van der Waals surface area contributed by atoms with Crippen LogP contribution in [0.3, 0.4) is 0 Å². The third-order valence-corrected chi connectivity index (χ3v) is 6.41. The first-order valence-electron chi connectivity index (χ1n) is 11.7. The van der Waals surface area contributed by atoms with E-state index in [0.717, 1.165) is 55.5 Å². The van der Waals surface area contributed by atoms with Crippen molar-refractivity contribution in [2.75, 3.05) is 0 Å². The molecule has 1 N–H and O–H groups in total. The zero-order valence-electron chi connectivity index (χ0n) is 19.4. The Bertz CT molecular complexity index is 840. The molecule has 31 heavy (non-hydrogen) atoms. The lowest BCUT2D eigenvalue weighted by atomic mass is 9.81. The van der Waals surface area contributed by atoms with E-state index in [2.05, 4.69) is 37.9 Å².